The van der Waals surface area contributed by atoms with Crippen LogP contribution in [0.15, 0.2) is 18.2 Å². The zero-order valence-electron chi connectivity index (χ0n) is 10.7. The SMILES string of the molecule is CCOC(=O)Cc1cccc(OC(F)(F)F)c1OC(F)F. The molecular formula is C12H11F5O4. The first kappa shape index (κ1) is 17.0. The van der Waals surface area contributed by atoms with Crippen molar-refractivity contribution in [3.8, 4) is 11.5 Å². The summed E-state index contributed by atoms with van der Waals surface area (Å²) in [5.41, 5.74) is -0.199. The van der Waals surface area contributed by atoms with Crippen LogP contribution in [0.5, 0.6) is 11.5 Å². The van der Waals surface area contributed by atoms with E-state index in [1.54, 1.807) is 0 Å². The number of benzene rings is 1. The van der Waals surface area contributed by atoms with Gasteiger partial charge in [0.05, 0.1) is 13.0 Å². The van der Waals surface area contributed by atoms with Gasteiger partial charge in [-0.05, 0) is 13.0 Å². The Bertz CT molecular complexity index is 487. The van der Waals surface area contributed by atoms with Gasteiger partial charge < -0.3 is 14.2 Å². The third kappa shape index (κ3) is 5.84. The predicted molar refractivity (Wildman–Crippen MR) is 60.1 cm³/mol. The number of carbonyl (C=O) groups excluding carboxylic acids is 1. The Hall–Kier alpha value is -2.06. The monoisotopic (exact) mass is 314 g/mol. The molecule has 0 bridgehead atoms. The van der Waals surface area contributed by atoms with Crippen molar-refractivity contribution in [2.45, 2.75) is 26.3 Å². The molecule has 1 rings (SSSR count). The van der Waals surface area contributed by atoms with Crippen molar-refractivity contribution in [3.63, 3.8) is 0 Å². The quantitative estimate of drug-likeness (QED) is 0.597. The van der Waals surface area contributed by atoms with E-state index in [9.17, 15) is 26.7 Å². The van der Waals surface area contributed by atoms with Gasteiger partial charge in [0, 0.05) is 5.56 Å². The molecule has 0 fully saturated rings. The van der Waals surface area contributed by atoms with E-state index in [4.69, 9.17) is 0 Å². The fourth-order valence-corrected chi connectivity index (χ4v) is 1.50. The molecule has 1 aromatic carbocycles. The van der Waals surface area contributed by atoms with Crippen LogP contribution in [0.1, 0.15) is 12.5 Å². The molecular weight excluding hydrogens is 303 g/mol. The van der Waals surface area contributed by atoms with Crippen molar-refractivity contribution in [1.82, 2.24) is 0 Å². The maximum atomic E-state index is 12.3. The van der Waals surface area contributed by atoms with E-state index in [0.29, 0.717) is 0 Å². The summed E-state index contributed by atoms with van der Waals surface area (Å²) >= 11 is 0. The highest BCUT2D eigenvalue weighted by molar-refractivity contribution is 5.74. The molecule has 9 heteroatoms. The Morgan fingerprint density at radius 3 is 2.48 bits per heavy atom. The number of carbonyl (C=O) groups is 1. The summed E-state index contributed by atoms with van der Waals surface area (Å²) in [6.07, 6.45) is -5.60. The number of rotatable bonds is 6. The number of para-hydroxylation sites is 1. The first-order valence-corrected chi connectivity index (χ1v) is 5.71. The van der Waals surface area contributed by atoms with E-state index in [1.165, 1.54) is 6.92 Å². The second-order valence-corrected chi connectivity index (χ2v) is 3.65. The van der Waals surface area contributed by atoms with Crippen LogP contribution in [-0.4, -0.2) is 25.6 Å². The van der Waals surface area contributed by atoms with Crippen LogP contribution in [0.3, 0.4) is 0 Å². The fraction of sp³-hybridized carbons (Fsp3) is 0.417. The molecule has 0 saturated heterocycles. The highest BCUT2D eigenvalue weighted by atomic mass is 19.4. The normalized spacial score (nSPS) is 11.4. The first-order valence-electron chi connectivity index (χ1n) is 5.71. The summed E-state index contributed by atoms with van der Waals surface area (Å²) < 4.78 is 73.5. The summed E-state index contributed by atoms with van der Waals surface area (Å²) in [6, 6.07) is 3.09. The summed E-state index contributed by atoms with van der Waals surface area (Å²) in [7, 11) is 0. The van der Waals surface area contributed by atoms with Crippen molar-refractivity contribution in [3.05, 3.63) is 23.8 Å². The number of hydrogen-bond donors (Lipinski definition) is 0. The van der Waals surface area contributed by atoms with E-state index < -0.39 is 36.9 Å². The van der Waals surface area contributed by atoms with E-state index in [2.05, 4.69) is 14.2 Å². The van der Waals surface area contributed by atoms with Gasteiger partial charge in [-0.1, -0.05) is 12.1 Å². The molecule has 0 radical (unpaired) electrons. The molecule has 118 valence electrons. The van der Waals surface area contributed by atoms with E-state index in [0.717, 1.165) is 18.2 Å². The molecule has 0 unspecified atom stereocenters. The Labute approximate surface area is 116 Å². The van der Waals surface area contributed by atoms with Crippen LogP contribution in [0.4, 0.5) is 22.0 Å². The molecule has 0 aliphatic carbocycles. The average molecular weight is 314 g/mol. The summed E-state index contributed by atoms with van der Waals surface area (Å²) in [5, 5.41) is 0. The summed E-state index contributed by atoms with van der Waals surface area (Å²) in [5.74, 6) is -2.59. The van der Waals surface area contributed by atoms with E-state index >= 15 is 0 Å². The Morgan fingerprint density at radius 2 is 1.95 bits per heavy atom. The number of esters is 1. The number of hydrogen-bond acceptors (Lipinski definition) is 4. The first-order chi connectivity index (χ1) is 9.73. The molecule has 0 saturated carbocycles. The zero-order chi connectivity index (χ0) is 16.0. The molecule has 4 nitrogen and oxygen atoms in total. The second-order valence-electron chi connectivity index (χ2n) is 3.65. The van der Waals surface area contributed by atoms with Gasteiger partial charge in [0.1, 0.15) is 0 Å². The molecule has 0 heterocycles. The van der Waals surface area contributed by atoms with Crippen LogP contribution >= 0.6 is 0 Å². The zero-order valence-corrected chi connectivity index (χ0v) is 10.7. The molecule has 0 N–H and O–H groups in total. The van der Waals surface area contributed by atoms with Gasteiger partial charge in [-0.3, -0.25) is 4.79 Å². The Balaban J connectivity index is 3.11. The lowest BCUT2D eigenvalue weighted by atomic mass is 10.1. The minimum Gasteiger partial charge on any atom is -0.466 e. The highest BCUT2D eigenvalue weighted by Gasteiger charge is 2.33. The number of ether oxygens (including phenoxy) is 3. The molecule has 21 heavy (non-hydrogen) atoms. The van der Waals surface area contributed by atoms with Crippen molar-refractivity contribution in [2.24, 2.45) is 0 Å². The van der Waals surface area contributed by atoms with Crippen LogP contribution in [0.2, 0.25) is 0 Å². The van der Waals surface area contributed by atoms with E-state index in [-0.39, 0.29) is 12.2 Å². The Morgan fingerprint density at radius 1 is 1.29 bits per heavy atom. The van der Waals surface area contributed by atoms with Gasteiger partial charge in [-0.15, -0.1) is 13.2 Å². The van der Waals surface area contributed by atoms with Crippen molar-refractivity contribution < 1.29 is 41.0 Å². The lowest BCUT2D eigenvalue weighted by Gasteiger charge is -2.16. The average Bonchev–Trinajstić information content (AvgIpc) is 2.31. The molecule has 0 aliphatic heterocycles. The smallest absolute Gasteiger partial charge is 0.466 e. The van der Waals surface area contributed by atoms with Crippen LogP contribution in [-0.2, 0) is 16.0 Å². The minimum absolute atomic E-state index is 0.0443. The minimum atomic E-state index is -5.08. The molecule has 0 amide bonds. The maximum absolute atomic E-state index is 12.3. The number of alkyl halides is 5. The van der Waals surface area contributed by atoms with Crippen LogP contribution in [0.25, 0.3) is 0 Å². The molecule has 1 aromatic rings. The van der Waals surface area contributed by atoms with Crippen molar-refractivity contribution >= 4 is 5.97 Å². The third-order valence-corrected chi connectivity index (χ3v) is 2.13. The van der Waals surface area contributed by atoms with Crippen LogP contribution in [0, 0.1) is 0 Å². The van der Waals surface area contributed by atoms with Gasteiger partial charge in [-0.2, -0.15) is 8.78 Å². The number of halogens is 5. The maximum Gasteiger partial charge on any atom is 0.573 e. The molecule has 0 aliphatic rings. The predicted octanol–water partition coefficient (Wildman–Crippen LogP) is 3.29. The van der Waals surface area contributed by atoms with Gasteiger partial charge in [0.15, 0.2) is 11.5 Å². The van der Waals surface area contributed by atoms with Crippen molar-refractivity contribution in [2.75, 3.05) is 6.61 Å². The summed E-state index contributed by atoms with van der Waals surface area (Å²) in [6.45, 7) is -1.80. The standard InChI is InChI=1S/C12H11F5O4/c1-2-19-9(18)6-7-4-3-5-8(21-12(15,16)17)10(7)20-11(13)14/h3-5,11H,2,6H2,1H3. The Kier molecular flexibility index (Phi) is 5.74. The van der Waals surface area contributed by atoms with Gasteiger partial charge in [0.2, 0.25) is 0 Å². The van der Waals surface area contributed by atoms with E-state index in [1.807, 2.05) is 0 Å². The molecule has 0 spiro atoms. The topological polar surface area (TPSA) is 44.8 Å². The lowest BCUT2D eigenvalue weighted by Crippen LogP contribution is -2.19. The van der Waals surface area contributed by atoms with Crippen LogP contribution < -0.4 is 9.47 Å². The highest BCUT2D eigenvalue weighted by Crippen LogP contribution is 2.36. The van der Waals surface area contributed by atoms with Gasteiger partial charge >= 0.3 is 18.9 Å². The fourth-order valence-electron chi connectivity index (χ4n) is 1.50. The molecule has 0 aromatic heterocycles. The summed E-state index contributed by atoms with van der Waals surface area (Å²) in [4.78, 5) is 11.3. The van der Waals surface area contributed by atoms with Gasteiger partial charge in [0.25, 0.3) is 0 Å². The molecule has 0 atom stereocenters. The lowest BCUT2D eigenvalue weighted by molar-refractivity contribution is -0.275. The third-order valence-electron chi connectivity index (χ3n) is 2.13. The second kappa shape index (κ2) is 7.09. The van der Waals surface area contributed by atoms with Crippen molar-refractivity contribution in [1.29, 1.82) is 0 Å². The van der Waals surface area contributed by atoms with Gasteiger partial charge in [-0.25, -0.2) is 0 Å². The largest absolute Gasteiger partial charge is 0.573 e.